The SMILES string of the molecule is Cc1ncn(CC2CCN(Cc3nncn3C3CC3)CC2)c(=O)c1C. The van der Waals surface area contributed by atoms with Crippen LogP contribution in [0.15, 0.2) is 17.4 Å². The molecule has 7 heteroatoms. The maximum Gasteiger partial charge on any atom is 0.256 e. The third-order valence-corrected chi connectivity index (χ3v) is 5.63. The van der Waals surface area contributed by atoms with Crippen LogP contribution in [-0.2, 0) is 13.1 Å². The number of likely N-dealkylation sites (tertiary alicyclic amines) is 1. The number of aryl methyl sites for hydroxylation is 1. The van der Waals surface area contributed by atoms with Crippen LogP contribution >= 0.6 is 0 Å². The van der Waals surface area contributed by atoms with Crippen molar-refractivity contribution in [2.45, 2.75) is 58.7 Å². The molecular formula is C18H26N6O. The van der Waals surface area contributed by atoms with E-state index in [0.29, 0.717) is 12.0 Å². The monoisotopic (exact) mass is 342 g/mol. The molecule has 2 aliphatic rings. The molecule has 2 fully saturated rings. The Kier molecular flexibility index (Phi) is 4.41. The Labute approximate surface area is 147 Å². The Balaban J connectivity index is 1.33. The van der Waals surface area contributed by atoms with E-state index >= 15 is 0 Å². The van der Waals surface area contributed by atoms with Crippen molar-refractivity contribution in [3.8, 4) is 0 Å². The minimum atomic E-state index is 0.104. The van der Waals surface area contributed by atoms with Crippen LogP contribution in [0.2, 0.25) is 0 Å². The molecule has 1 saturated carbocycles. The zero-order chi connectivity index (χ0) is 17.4. The number of rotatable bonds is 5. The molecule has 0 N–H and O–H groups in total. The van der Waals surface area contributed by atoms with Crippen molar-refractivity contribution in [2.75, 3.05) is 13.1 Å². The van der Waals surface area contributed by atoms with Crippen molar-refractivity contribution in [2.24, 2.45) is 5.92 Å². The molecular weight excluding hydrogens is 316 g/mol. The molecule has 0 unspecified atom stereocenters. The minimum Gasteiger partial charge on any atom is -0.313 e. The van der Waals surface area contributed by atoms with Crippen LogP contribution in [0.25, 0.3) is 0 Å². The van der Waals surface area contributed by atoms with E-state index in [-0.39, 0.29) is 5.56 Å². The molecule has 3 heterocycles. The largest absolute Gasteiger partial charge is 0.313 e. The van der Waals surface area contributed by atoms with Gasteiger partial charge in [0.25, 0.3) is 5.56 Å². The van der Waals surface area contributed by atoms with Crippen molar-refractivity contribution in [3.63, 3.8) is 0 Å². The number of piperidine rings is 1. The zero-order valence-corrected chi connectivity index (χ0v) is 15.1. The summed E-state index contributed by atoms with van der Waals surface area (Å²) in [6.07, 6.45) is 8.31. The lowest BCUT2D eigenvalue weighted by Crippen LogP contribution is -2.37. The van der Waals surface area contributed by atoms with E-state index in [2.05, 4.69) is 24.6 Å². The van der Waals surface area contributed by atoms with Gasteiger partial charge in [-0.05, 0) is 58.5 Å². The molecule has 0 bridgehead atoms. The third-order valence-electron chi connectivity index (χ3n) is 5.63. The van der Waals surface area contributed by atoms with Gasteiger partial charge in [-0.1, -0.05) is 0 Å². The Morgan fingerprint density at radius 3 is 2.60 bits per heavy atom. The quantitative estimate of drug-likeness (QED) is 0.827. The van der Waals surface area contributed by atoms with Gasteiger partial charge in [0.1, 0.15) is 12.2 Å². The molecule has 1 aliphatic heterocycles. The molecule has 25 heavy (non-hydrogen) atoms. The molecule has 1 saturated heterocycles. The molecule has 1 aliphatic carbocycles. The normalized spacial score (nSPS) is 19.4. The van der Waals surface area contributed by atoms with Gasteiger partial charge in [-0.25, -0.2) is 4.98 Å². The first-order valence-electron chi connectivity index (χ1n) is 9.25. The van der Waals surface area contributed by atoms with Crippen molar-refractivity contribution in [3.05, 3.63) is 40.1 Å². The van der Waals surface area contributed by atoms with Crippen molar-refractivity contribution >= 4 is 0 Å². The molecule has 0 radical (unpaired) electrons. The van der Waals surface area contributed by atoms with Gasteiger partial charge in [0, 0.05) is 23.8 Å². The smallest absolute Gasteiger partial charge is 0.256 e. The molecule has 2 aromatic rings. The van der Waals surface area contributed by atoms with E-state index in [1.54, 1.807) is 10.9 Å². The van der Waals surface area contributed by atoms with Gasteiger partial charge < -0.3 is 4.57 Å². The third kappa shape index (κ3) is 3.51. The Morgan fingerprint density at radius 1 is 1.12 bits per heavy atom. The summed E-state index contributed by atoms with van der Waals surface area (Å²) in [6.45, 7) is 7.51. The van der Waals surface area contributed by atoms with Gasteiger partial charge in [0.05, 0.1) is 12.9 Å². The van der Waals surface area contributed by atoms with Gasteiger partial charge >= 0.3 is 0 Å². The summed E-state index contributed by atoms with van der Waals surface area (Å²) in [7, 11) is 0. The Hall–Kier alpha value is -2.02. The van der Waals surface area contributed by atoms with Gasteiger partial charge in [0.15, 0.2) is 0 Å². The predicted molar refractivity (Wildman–Crippen MR) is 94.3 cm³/mol. The van der Waals surface area contributed by atoms with Crippen LogP contribution in [0.1, 0.15) is 48.8 Å². The highest BCUT2D eigenvalue weighted by atomic mass is 16.1. The van der Waals surface area contributed by atoms with Gasteiger partial charge in [0.2, 0.25) is 0 Å². The molecule has 0 amide bonds. The van der Waals surface area contributed by atoms with Crippen LogP contribution in [0.3, 0.4) is 0 Å². The zero-order valence-electron chi connectivity index (χ0n) is 15.1. The fourth-order valence-electron chi connectivity index (χ4n) is 3.65. The lowest BCUT2D eigenvalue weighted by Gasteiger charge is -2.31. The standard InChI is InChI=1S/C18H26N6O/c1-13-14(2)19-11-23(18(13)25)9-15-5-7-22(8-6-15)10-17-21-20-12-24(17)16-3-4-16/h11-12,15-16H,3-10H2,1-2H3. The lowest BCUT2D eigenvalue weighted by molar-refractivity contribution is 0.161. The van der Waals surface area contributed by atoms with Gasteiger partial charge in [-0.15, -0.1) is 10.2 Å². The van der Waals surface area contributed by atoms with Crippen molar-refractivity contribution < 1.29 is 0 Å². The van der Waals surface area contributed by atoms with E-state index in [4.69, 9.17) is 0 Å². The van der Waals surface area contributed by atoms with Crippen LogP contribution in [0.5, 0.6) is 0 Å². The first-order valence-corrected chi connectivity index (χ1v) is 9.25. The first kappa shape index (κ1) is 16.4. The molecule has 0 aromatic carbocycles. The summed E-state index contributed by atoms with van der Waals surface area (Å²) in [5.41, 5.74) is 1.70. The fourth-order valence-corrected chi connectivity index (χ4v) is 3.65. The highest BCUT2D eigenvalue weighted by molar-refractivity contribution is 5.12. The average Bonchev–Trinajstić information content (AvgIpc) is 3.36. The predicted octanol–water partition coefficient (Wildman–Crippen LogP) is 1.70. The Bertz CT molecular complexity index is 798. The highest BCUT2D eigenvalue weighted by Crippen LogP contribution is 2.35. The summed E-state index contributed by atoms with van der Waals surface area (Å²) < 4.78 is 4.03. The van der Waals surface area contributed by atoms with Crippen LogP contribution < -0.4 is 5.56 Å². The highest BCUT2D eigenvalue weighted by Gasteiger charge is 2.27. The molecule has 2 aromatic heterocycles. The second-order valence-electron chi connectivity index (χ2n) is 7.52. The summed E-state index contributed by atoms with van der Waals surface area (Å²) in [5.74, 6) is 1.63. The van der Waals surface area contributed by atoms with E-state index in [1.165, 1.54) is 12.8 Å². The van der Waals surface area contributed by atoms with Gasteiger partial charge in [-0.2, -0.15) is 0 Å². The summed E-state index contributed by atoms with van der Waals surface area (Å²) in [6, 6.07) is 0.631. The average molecular weight is 342 g/mol. The molecule has 7 nitrogen and oxygen atoms in total. The maximum atomic E-state index is 12.3. The first-order chi connectivity index (χ1) is 12.1. The molecule has 4 rings (SSSR count). The summed E-state index contributed by atoms with van der Waals surface area (Å²) in [5, 5.41) is 8.39. The second kappa shape index (κ2) is 6.71. The minimum absolute atomic E-state index is 0.104. The van der Waals surface area contributed by atoms with Crippen LogP contribution in [0.4, 0.5) is 0 Å². The number of hydrogen-bond donors (Lipinski definition) is 0. The van der Waals surface area contributed by atoms with Crippen molar-refractivity contribution in [1.29, 1.82) is 0 Å². The summed E-state index contributed by atoms with van der Waals surface area (Å²) in [4.78, 5) is 19.1. The number of hydrogen-bond acceptors (Lipinski definition) is 5. The molecule has 0 spiro atoms. The lowest BCUT2D eigenvalue weighted by atomic mass is 9.96. The van der Waals surface area contributed by atoms with E-state index in [9.17, 15) is 4.79 Å². The van der Waals surface area contributed by atoms with E-state index < -0.39 is 0 Å². The second-order valence-corrected chi connectivity index (χ2v) is 7.52. The van der Waals surface area contributed by atoms with E-state index in [0.717, 1.165) is 56.1 Å². The van der Waals surface area contributed by atoms with Gasteiger partial charge in [-0.3, -0.25) is 14.3 Å². The maximum absolute atomic E-state index is 12.3. The number of aromatic nitrogens is 5. The Morgan fingerprint density at radius 2 is 1.88 bits per heavy atom. The van der Waals surface area contributed by atoms with Crippen LogP contribution in [-0.4, -0.2) is 42.3 Å². The molecule has 0 atom stereocenters. The van der Waals surface area contributed by atoms with Crippen LogP contribution in [0, 0.1) is 19.8 Å². The topological polar surface area (TPSA) is 68.8 Å². The number of nitrogens with zero attached hydrogens (tertiary/aromatic N) is 6. The van der Waals surface area contributed by atoms with E-state index in [1.807, 2.05) is 20.2 Å². The fraction of sp³-hybridized carbons (Fsp3) is 0.667. The summed E-state index contributed by atoms with van der Waals surface area (Å²) >= 11 is 0. The van der Waals surface area contributed by atoms with Crippen molar-refractivity contribution in [1.82, 2.24) is 29.2 Å². The molecule has 134 valence electrons.